The first-order valence-electron chi connectivity index (χ1n) is 15.1. The Morgan fingerprint density at radius 1 is 1.02 bits per heavy atom. The van der Waals surface area contributed by atoms with Crippen molar-refractivity contribution in [2.24, 2.45) is 5.73 Å². The average molecular weight is 576 g/mol. The molecule has 0 aliphatic carbocycles. The molecule has 3 aromatic rings. The summed E-state index contributed by atoms with van der Waals surface area (Å²) in [5.74, 6) is 0.817. The summed E-state index contributed by atoms with van der Waals surface area (Å²) in [5.41, 5.74) is 8.13. The van der Waals surface area contributed by atoms with Gasteiger partial charge < -0.3 is 30.0 Å². The molecule has 2 aliphatic rings. The van der Waals surface area contributed by atoms with Gasteiger partial charge in [0, 0.05) is 55.4 Å². The minimum atomic E-state index is -1.54. The van der Waals surface area contributed by atoms with E-state index in [1.165, 1.54) is 26.2 Å². The second-order valence-electron chi connectivity index (χ2n) is 11.8. The fourth-order valence-electron chi connectivity index (χ4n) is 6.91. The number of nitrogens with two attached hydrogens (primary N) is 1. The number of nitrogens with one attached hydrogen (secondary N) is 1. The minimum Gasteiger partial charge on any atom is -0.493 e. The molecule has 2 fully saturated rings. The summed E-state index contributed by atoms with van der Waals surface area (Å²) in [7, 11) is 4.97. The maximum Gasteiger partial charge on any atom is 0.242 e. The van der Waals surface area contributed by atoms with E-state index in [0.29, 0.717) is 42.7 Å². The largest absolute Gasteiger partial charge is 0.493 e. The van der Waals surface area contributed by atoms with Crippen molar-refractivity contribution < 1.29 is 19.1 Å². The molecule has 0 saturated carbocycles. The van der Waals surface area contributed by atoms with Gasteiger partial charge in [-0.25, -0.2) is 0 Å². The first-order chi connectivity index (χ1) is 20.3. The lowest BCUT2D eigenvalue weighted by Gasteiger charge is -2.47. The molecular formula is C33H45N5O4. The molecule has 5 rings (SSSR count). The SMILES string of the molecule is COc1ccc(CN(C)C(=O)C(N2CCC(N3CCCCC3)CC2)C(N)(C(C)=O)c2c[nH]c3ccccc23)cc1OC. The molecule has 2 saturated heterocycles. The summed E-state index contributed by atoms with van der Waals surface area (Å²) in [6, 6.07) is 13.1. The monoisotopic (exact) mass is 575 g/mol. The standard InChI is InChI=1S/C33H45N5O4/c1-23(39)33(34,27-21-35-28-11-7-6-10-26(27)28)31(38-18-14-25(15-19-38)37-16-8-5-9-17-37)32(40)36(2)22-24-12-13-29(41-3)30(20-24)42-4/h6-7,10-13,20-21,25,31,35H,5,8-9,14-19,22,34H2,1-4H3. The number of para-hydroxylation sites is 1. The van der Waals surface area contributed by atoms with Gasteiger partial charge in [0.2, 0.25) is 5.91 Å². The molecular weight excluding hydrogens is 530 g/mol. The number of hydrogen-bond acceptors (Lipinski definition) is 7. The fraction of sp³-hybridized carbons (Fsp3) is 0.515. The Labute approximate surface area is 248 Å². The summed E-state index contributed by atoms with van der Waals surface area (Å²) >= 11 is 0. The highest BCUT2D eigenvalue weighted by atomic mass is 16.5. The highest BCUT2D eigenvalue weighted by molar-refractivity contribution is 6.00. The predicted octanol–water partition coefficient (Wildman–Crippen LogP) is 3.91. The van der Waals surface area contributed by atoms with Crippen LogP contribution in [0.3, 0.4) is 0 Å². The number of amides is 1. The van der Waals surface area contributed by atoms with Crippen LogP contribution in [0.15, 0.2) is 48.7 Å². The number of rotatable bonds is 10. The zero-order valence-corrected chi connectivity index (χ0v) is 25.4. The molecule has 2 aliphatic heterocycles. The van der Waals surface area contributed by atoms with Crippen LogP contribution >= 0.6 is 0 Å². The number of H-pyrrole nitrogens is 1. The number of methoxy groups -OCH3 is 2. The van der Waals surface area contributed by atoms with Gasteiger partial charge >= 0.3 is 0 Å². The second-order valence-corrected chi connectivity index (χ2v) is 11.8. The topological polar surface area (TPSA) is 104 Å². The van der Waals surface area contributed by atoms with E-state index >= 15 is 0 Å². The number of aromatic amines is 1. The molecule has 2 unspecified atom stereocenters. The van der Waals surface area contributed by atoms with E-state index in [1.54, 1.807) is 32.4 Å². The Morgan fingerprint density at radius 2 is 1.71 bits per heavy atom. The average Bonchev–Trinajstić information content (AvgIpc) is 3.46. The number of ether oxygens (including phenoxy) is 2. The van der Waals surface area contributed by atoms with Crippen LogP contribution in [-0.4, -0.2) is 90.9 Å². The molecule has 9 heteroatoms. The van der Waals surface area contributed by atoms with Gasteiger partial charge in [-0.15, -0.1) is 0 Å². The maximum absolute atomic E-state index is 14.6. The number of likely N-dealkylation sites (tertiary alicyclic amines) is 2. The third kappa shape index (κ3) is 5.78. The number of ketones is 1. The molecule has 226 valence electrons. The van der Waals surface area contributed by atoms with Gasteiger partial charge in [0.05, 0.1) is 14.2 Å². The van der Waals surface area contributed by atoms with Crippen molar-refractivity contribution >= 4 is 22.6 Å². The normalized spacial score (nSPS) is 19.3. The maximum atomic E-state index is 14.6. The van der Waals surface area contributed by atoms with Gasteiger partial charge in [0.15, 0.2) is 17.3 Å². The zero-order chi connectivity index (χ0) is 29.9. The van der Waals surface area contributed by atoms with E-state index in [-0.39, 0.29) is 11.7 Å². The highest BCUT2D eigenvalue weighted by Gasteiger charge is 2.51. The van der Waals surface area contributed by atoms with Crippen LogP contribution in [0.4, 0.5) is 0 Å². The third-order valence-corrected chi connectivity index (χ3v) is 9.30. The molecule has 3 N–H and O–H groups in total. The third-order valence-electron chi connectivity index (χ3n) is 9.30. The molecule has 0 radical (unpaired) electrons. The summed E-state index contributed by atoms with van der Waals surface area (Å²) in [4.78, 5) is 38.0. The van der Waals surface area contributed by atoms with Crippen molar-refractivity contribution in [2.45, 2.75) is 63.2 Å². The number of aromatic nitrogens is 1. The zero-order valence-electron chi connectivity index (χ0n) is 25.4. The van der Waals surface area contributed by atoms with Gasteiger partial charge in [0.25, 0.3) is 0 Å². The van der Waals surface area contributed by atoms with Gasteiger partial charge in [-0.1, -0.05) is 30.7 Å². The van der Waals surface area contributed by atoms with Gasteiger partial charge in [-0.2, -0.15) is 0 Å². The van der Waals surface area contributed by atoms with E-state index in [1.807, 2.05) is 42.5 Å². The van der Waals surface area contributed by atoms with Gasteiger partial charge in [0.1, 0.15) is 11.6 Å². The summed E-state index contributed by atoms with van der Waals surface area (Å²) in [6.45, 7) is 5.54. The van der Waals surface area contributed by atoms with E-state index in [9.17, 15) is 9.59 Å². The van der Waals surface area contributed by atoms with Crippen molar-refractivity contribution in [1.29, 1.82) is 0 Å². The smallest absolute Gasteiger partial charge is 0.242 e. The molecule has 0 spiro atoms. The molecule has 2 atom stereocenters. The number of Topliss-reactive ketones (excluding diaryl/α,β-unsaturated/α-hetero) is 1. The number of hydrogen-bond donors (Lipinski definition) is 2. The highest BCUT2D eigenvalue weighted by Crippen LogP contribution is 2.36. The molecule has 1 aromatic heterocycles. The second kappa shape index (κ2) is 12.9. The van der Waals surface area contributed by atoms with E-state index in [2.05, 4.69) is 14.8 Å². The van der Waals surface area contributed by atoms with E-state index < -0.39 is 11.6 Å². The van der Waals surface area contributed by atoms with Crippen LogP contribution in [0, 0.1) is 0 Å². The first kappa shape index (κ1) is 30.1. The number of carbonyl (C=O) groups excluding carboxylic acids is 2. The van der Waals surface area contributed by atoms with Crippen molar-refractivity contribution in [2.75, 3.05) is 47.4 Å². The Hall–Kier alpha value is -3.40. The summed E-state index contributed by atoms with van der Waals surface area (Å²) in [6.07, 6.45) is 7.51. The molecule has 0 bridgehead atoms. The van der Waals surface area contributed by atoms with Crippen LogP contribution in [0.5, 0.6) is 11.5 Å². The number of fused-ring (bicyclic) bond motifs is 1. The predicted molar refractivity (Wildman–Crippen MR) is 165 cm³/mol. The van der Waals surface area contributed by atoms with E-state index in [0.717, 1.165) is 42.4 Å². The fourth-order valence-corrected chi connectivity index (χ4v) is 6.91. The molecule has 1 amide bonds. The number of nitrogens with zero attached hydrogens (tertiary/aromatic N) is 3. The van der Waals surface area contributed by atoms with Crippen molar-refractivity contribution in [1.82, 2.24) is 19.7 Å². The van der Waals surface area contributed by atoms with E-state index in [4.69, 9.17) is 15.2 Å². The van der Waals surface area contributed by atoms with Crippen molar-refractivity contribution in [3.05, 3.63) is 59.8 Å². The number of piperidine rings is 2. The lowest BCUT2D eigenvalue weighted by Crippen LogP contribution is -2.67. The number of carbonyl (C=O) groups is 2. The molecule has 42 heavy (non-hydrogen) atoms. The minimum absolute atomic E-state index is 0.177. The Bertz CT molecular complexity index is 1390. The van der Waals surface area contributed by atoms with Gasteiger partial charge in [-0.05, 0) is 69.5 Å². The van der Waals surface area contributed by atoms with Crippen LogP contribution in [-0.2, 0) is 21.7 Å². The van der Waals surface area contributed by atoms with Gasteiger partial charge in [-0.3, -0.25) is 14.5 Å². The lowest BCUT2D eigenvalue weighted by molar-refractivity contribution is -0.145. The number of benzene rings is 2. The Kier molecular flexibility index (Phi) is 9.20. The van der Waals surface area contributed by atoms with Crippen molar-refractivity contribution in [3.8, 4) is 11.5 Å². The Morgan fingerprint density at radius 3 is 2.38 bits per heavy atom. The van der Waals surface area contributed by atoms with Crippen LogP contribution in [0.2, 0.25) is 0 Å². The van der Waals surface area contributed by atoms with Crippen LogP contribution in [0.1, 0.15) is 50.2 Å². The molecule has 2 aromatic carbocycles. The summed E-state index contributed by atoms with van der Waals surface area (Å²) < 4.78 is 10.9. The molecule has 3 heterocycles. The van der Waals surface area contributed by atoms with Crippen LogP contribution in [0.25, 0.3) is 10.9 Å². The first-order valence-corrected chi connectivity index (χ1v) is 15.1. The quantitative estimate of drug-likeness (QED) is 0.378. The van der Waals surface area contributed by atoms with Crippen molar-refractivity contribution in [3.63, 3.8) is 0 Å². The Balaban J connectivity index is 1.48. The lowest BCUT2D eigenvalue weighted by atomic mass is 9.77. The number of likely N-dealkylation sites (N-methyl/N-ethyl adjacent to an activating group) is 1. The van der Waals surface area contributed by atoms with Crippen LogP contribution < -0.4 is 15.2 Å². The molecule has 9 nitrogen and oxygen atoms in total. The summed E-state index contributed by atoms with van der Waals surface area (Å²) in [5, 5.41) is 0.860.